The van der Waals surface area contributed by atoms with Gasteiger partial charge in [-0.1, -0.05) is 46.9 Å². The molecule has 0 aliphatic carbocycles. The average Bonchev–Trinajstić information content (AvgIpc) is 2.87. The number of hydrogen-bond donors (Lipinski definition) is 2. The van der Waals surface area contributed by atoms with E-state index < -0.39 is 6.04 Å². The van der Waals surface area contributed by atoms with Crippen molar-refractivity contribution in [2.24, 2.45) is 5.84 Å². The SMILES string of the molecule is NNC(c1cc2cccc(Cl)c2o1)c1ncc(Cl)cc1Cl. The van der Waals surface area contributed by atoms with Crippen LogP contribution < -0.4 is 11.3 Å². The fourth-order valence-corrected chi connectivity index (χ4v) is 2.83. The van der Waals surface area contributed by atoms with Crippen LogP contribution in [0.5, 0.6) is 0 Å². The van der Waals surface area contributed by atoms with Crippen molar-refractivity contribution in [3.8, 4) is 0 Å². The van der Waals surface area contributed by atoms with Crippen LogP contribution in [0.15, 0.2) is 40.9 Å². The van der Waals surface area contributed by atoms with E-state index >= 15 is 0 Å². The number of aromatic nitrogens is 1. The lowest BCUT2D eigenvalue weighted by atomic mass is 10.1. The van der Waals surface area contributed by atoms with Crippen LogP contribution in [0.3, 0.4) is 0 Å². The van der Waals surface area contributed by atoms with Crippen molar-refractivity contribution in [3.05, 3.63) is 63.1 Å². The number of hydrazine groups is 1. The molecule has 0 bridgehead atoms. The Kier molecular flexibility index (Phi) is 4.06. The number of furan rings is 1. The monoisotopic (exact) mass is 341 g/mol. The molecule has 1 atom stereocenters. The highest BCUT2D eigenvalue weighted by Gasteiger charge is 2.22. The number of nitrogens with two attached hydrogens (primary N) is 1. The molecule has 2 heterocycles. The molecule has 3 aromatic rings. The molecule has 1 aromatic carbocycles. The minimum Gasteiger partial charge on any atom is -0.457 e. The highest BCUT2D eigenvalue weighted by molar-refractivity contribution is 6.35. The maximum atomic E-state index is 6.17. The fraction of sp³-hybridized carbons (Fsp3) is 0.0714. The van der Waals surface area contributed by atoms with Gasteiger partial charge < -0.3 is 4.42 Å². The number of rotatable bonds is 3. The number of para-hydroxylation sites is 1. The van der Waals surface area contributed by atoms with Crippen molar-refractivity contribution in [2.45, 2.75) is 6.04 Å². The van der Waals surface area contributed by atoms with E-state index in [1.54, 1.807) is 12.1 Å². The molecule has 1 unspecified atom stereocenters. The molecule has 4 nitrogen and oxygen atoms in total. The first-order chi connectivity index (χ1) is 10.1. The number of pyridine rings is 1. The smallest absolute Gasteiger partial charge is 0.152 e. The number of nitrogens with zero attached hydrogens (tertiary/aromatic N) is 1. The molecule has 2 aromatic heterocycles. The molecule has 7 heteroatoms. The fourth-order valence-electron chi connectivity index (χ4n) is 2.12. The third-order valence-electron chi connectivity index (χ3n) is 3.08. The average molecular weight is 343 g/mol. The molecule has 108 valence electrons. The first-order valence-electron chi connectivity index (χ1n) is 6.05. The highest BCUT2D eigenvalue weighted by atomic mass is 35.5. The second-order valence-electron chi connectivity index (χ2n) is 4.43. The van der Waals surface area contributed by atoms with Crippen molar-refractivity contribution < 1.29 is 4.42 Å². The summed E-state index contributed by atoms with van der Waals surface area (Å²) in [5.41, 5.74) is 3.77. The summed E-state index contributed by atoms with van der Waals surface area (Å²) in [6.45, 7) is 0. The molecule has 0 saturated carbocycles. The number of halogens is 3. The van der Waals surface area contributed by atoms with E-state index in [1.165, 1.54) is 6.20 Å². The van der Waals surface area contributed by atoms with Crippen LogP contribution in [0, 0.1) is 0 Å². The summed E-state index contributed by atoms with van der Waals surface area (Å²) in [7, 11) is 0. The maximum absolute atomic E-state index is 6.17. The van der Waals surface area contributed by atoms with Gasteiger partial charge in [0.25, 0.3) is 0 Å². The van der Waals surface area contributed by atoms with Gasteiger partial charge in [-0.3, -0.25) is 10.8 Å². The number of fused-ring (bicyclic) bond motifs is 1. The van der Waals surface area contributed by atoms with Gasteiger partial charge in [0.1, 0.15) is 11.8 Å². The molecule has 0 spiro atoms. The highest BCUT2D eigenvalue weighted by Crippen LogP contribution is 2.33. The Balaban J connectivity index is 2.11. The largest absolute Gasteiger partial charge is 0.457 e. The zero-order valence-electron chi connectivity index (χ0n) is 10.6. The molecule has 0 saturated heterocycles. The van der Waals surface area contributed by atoms with E-state index in [0.29, 0.717) is 32.1 Å². The van der Waals surface area contributed by atoms with Gasteiger partial charge in [0, 0.05) is 11.6 Å². The minimum absolute atomic E-state index is 0.400. The van der Waals surface area contributed by atoms with Crippen molar-refractivity contribution in [2.75, 3.05) is 0 Å². The first-order valence-corrected chi connectivity index (χ1v) is 7.18. The Morgan fingerprint density at radius 1 is 1.14 bits per heavy atom. The second-order valence-corrected chi connectivity index (χ2v) is 5.68. The summed E-state index contributed by atoms with van der Waals surface area (Å²) in [5.74, 6) is 6.20. The molecule has 0 amide bonds. The lowest BCUT2D eigenvalue weighted by Crippen LogP contribution is -2.29. The molecule has 0 fully saturated rings. The second kappa shape index (κ2) is 5.83. The molecule has 0 aliphatic rings. The Morgan fingerprint density at radius 3 is 2.62 bits per heavy atom. The molecule has 0 aliphatic heterocycles. The van der Waals surface area contributed by atoms with Crippen LogP contribution in [0.1, 0.15) is 17.5 Å². The standard InChI is InChI=1S/C14H10Cl3N3O/c15-8-5-10(17)12(19-6-8)13(20-18)11-4-7-2-1-3-9(16)14(7)21-11/h1-6,13,20H,18H2. The molecule has 21 heavy (non-hydrogen) atoms. The van der Waals surface area contributed by atoms with Crippen LogP contribution in [0.25, 0.3) is 11.0 Å². The topological polar surface area (TPSA) is 64.1 Å². The van der Waals surface area contributed by atoms with Gasteiger partial charge in [-0.05, 0) is 18.2 Å². The molecule has 3 rings (SSSR count). The summed E-state index contributed by atoms with van der Waals surface area (Å²) >= 11 is 18.1. The summed E-state index contributed by atoms with van der Waals surface area (Å²) in [5, 5.41) is 2.26. The third kappa shape index (κ3) is 2.73. The number of benzene rings is 1. The minimum atomic E-state index is -0.502. The van der Waals surface area contributed by atoms with E-state index in [0.717, 1.165) is 5.39 Å². The Labute approximate surface area is 135 Å². The van der Waals surface area contributed by atoms with Crippen molar-refractivity contribution in [1.29, 1.82) is 0 Å². The molecular weight excluding hydrogens is 333 g/mol. The van der Waals surface area contributed by atoms with Gasteiger partial charge in [0.05, 0.1) is 20.8 Å². The molecule has 3 N–H and O–H groups in total. The van der Waals surface area contributed by atoms with E-state index in [-0.39, 0.29) is 0 Å². The van der Waals surface area contributed by atoms with E-state index in [2.05, 4.69) is 10.4 Å². The third-order valence-corrected chi connectivity index (χ3v) is 3.88. The van der Waals surface area contributed by atoms with Crippen LogP contribution >= 0.6 is 34.8 Å². The van der Waals surface area contributed by atoms with Gasteiger partial charge in [-0.25, -0.2) is 5.43 Å². The van der Waals surface area contributed by atoms with Crippen LogP contribution in [0.4, 0.5) is 0 Å². The zero-order valence-corrected chi connectivity index (χ0v) is 12.9. The van der Waals surface area contributed by atoms with Crippen molar-refractivity contribution in [3.63, 3.8) is 0 Å². The summed E-state index contributed by atoms with van der Waals surface area (Å²) < 4.78 is 5.79. The summed E-state index contributed by atoms with van der Waals surface area (Å²) in [6, 6.07) is 8.46. The molecular formula is C14H10Cl3N3O. The normalized spacial score (nSPS) is 12.8. The zero-order chi connectivity index (χ0) is 15.0. The summed E-state index contributed by atoms with van der Waals surface area (Å²) in [4.78, 5) is 4.22. The van der Waals surface area contributed by atoms with Gasteiger partial charge >= 0.3 is 0 Å². The van der Waals surface area contributed by atoms with Gasteiger partial charge in [0.15, 0.2) is 5.58 Å². The van der Waals surface area contributed by atoms with Crippen molar-refractivity contribution in [1.82, 2.24) is 10.4 Å². The van der Waals surface area contributed by atoms with Gasteiger partial charge in [-0.2, -0.15) is 0 Å². The predicted octanol–water partition coefficient (Wildman–Crippen LogP) is 4.34. The van der Waals surface area contributed by atoms with Gasteiger partial charge in [0.2, 0.25) is 0 Å². The van der Waals surface area contributed by atoms with Crippen LogP contribution in [-0.4, -0.2) is 4.98 Å². The van der Waals surface area contributed by atoms with Crippen molar-refractivity contribution >= 4 is 45.8 Å². The number of nitrogens with one attached hydrogen (secondary N) is 1. The Morgan fingerprint density at radius 2 is 1.95 bits per heavy atom. The maximum Gasteiger partial charge on any atom is 0.152 e. The summed E-state index contributed by atoms with van der Waals surface area (Å²) in [6.07, 6.45) is 1.50. The quantitative estimate of drug-likeness (QED) is 0.549. The lowest BCUT2D eigenvalue weighted by Gasteiger charge is -2.14. The van der Waals surface area contributed by atoms with Crippen LogP contribution in [-0.2, 0) is 0 Å². The molecule has 0 radical (unpaired) electrons. The van der Waals surface area contributed by atoms with Crippen LogP contribution in [0.2, 0.25) is 15.1 Å². The predicted molar refractivity (Wildman–Crippen MR) is 84.6 cm³/mol. The Hall–Kier alpha value is -1.30. The number of hydrogen-bond acceptors (Lipinski definition) is 4. The first kappa shape index (κ1) is 14.6. The van der Waals surface area contributed by atoms with Gasteiger partial charge in [-0.15, -0.1) is 0 Å². The van der Waals surface area contributed by atoms with E-state index in [1.807, 2.05) is 18.2 Å². The van der Waals surface area contributed by atoms with E-state index in [4.69, 9.17) is 45.1 Å². The Bertz CT molecular complexity index is 803. The van der Waals surface area contributed by atoms with E-state index in [9.17, 15) is 0 Å². The lowest BCUT2D eigenvalue weighted by molar-refractivity contribution is 0.471.